The van der Waals surface area contributed by atoms with E-state index in [0.29, 0.717) is 35.7 Å². The van der Waals surface area contributed by atoms with Crippen molar-refractivity contribution in [3.8, 4) is 0 Å². The summed E-state index contributed by atoms with van der Waals surface area (Å²) < 4.78 is 5.68. The number of carbonyl (C=O) groups excluding carboxylic acids is 1. The minimum Gasteiger partial charge on any atom is -0.465 e. The van der Waals surface area contributed by atoms with Gasteiger partial charge in [-0.05, 0) is 116 Å². The van der Waals surface area contributed by atoms with Crippen LogP contribution in [0.15, 0.2) is 0 Å². The van der Waals surface area contributed by atoms with Crippen molar-refractivity contribution in [2.24, 2.45) is 58.2 Å². The molecule has 4 saturated carbocycles. The molecule has 2 heteroatoms. The number of hydrogen-bond acceptors (Lipinski definition) is 2. The van der Waals surface area contributed by atoms with Gasteiger partial charge in [-0.3, -0.25) is 4.79 Å². The number of ether oxygens (including phenoxy) is 1. The molecular formula is C36H64O2. The first kappa shape index (κ1) is 30.4. The van der Waals surface area contributed by atoms with Gasteiger partial charge in [-0.1, -0.05) is 92.9 Å². The molecule has 4 rings (SSSR count). The monoisotopic (exact) mass is 528 g/mol. The maximum atomic E-state index is 12.2. The van der Waals surface area contributed by atoms with Crippen LogP contribution in [0.1, 0.15) is 157 Å². The van der Waals surface area contributed by atoms with E-state index in [1.807, 2.05) is 0 Å². The fraction of sp³-hybridized carbons (Fsp3) is 0.972. The van der Waals surface area contributed by atoms with Gasteiger partial charge in [0.05, 0.1) is 6.61 Å². The molecule has 0 aromatic heterocycles. The summed E-state index contributed by atoms with van der Waals surface area (Å²) in [4.78, 5) is 12.2. The highest BCUT2D eigenvalue weighted by Crippen LogP contribution is 2.68. The van der Waals surface area contributed by atoms with Crippen molar-refractivity contribution < 1.29 is 9.53 Å². The van der Waals surface area contributed by atoms with E-state index in [9.17, 15) is 4.79 Å². The number of hydrogen-bond donors (Lipinski definition) is 0. The Morgan fingerprint density at radius 2 is 1.55 bits per heavy atom. The molecule has 2 unspecified atom stereocenters. The summed E-state index contributed by atoms with van der Waals surface area (Å²) in [6.45, 7) is 15.6. The van der Waals surface area contributed by atoms with E-state index < -0.39 is 0 Å². The molecule has 0 bridgehead atoms. The van der Waals surface area contributed by atoms with Crippen LogP contribution in [0.4, 0.5) is 0 Å². The molecule has 0 aromatic carbocycles. The average molecular weight is 529 g/mol. The van der Waals surface area contributed by atoms with Crippen molar-refractivity contribution in [3.05, 3.63) is 0 Å². The third kappa shape index (κ3) is 6.51. The second-order valence-electron chi connectivity index (χ2n) is 15.5. The van der Waals surface area contributed by atoms with E-state index in [1.165, 1.54) is 96.3 Å². The summed E-state index contributed by atoms with van der Waals surface area (Å²) in [5.41, 5.74) is 1.25. The summed E-state index contributed by atoms with van der Waals surface area (Å²) in [5, 5.41) is 0. The summed E-state index contributed by atoms with van der Waals surface area (Å²) >= 11 is 0. The van der Waals surface area contributed by atoms with Crippen LogP contribution in [-0.4, -0.2) is 12.6 Å². The predicted octanol–water partition coefficient (Wildman–Crippen LogP) is 10.6. The number of rotatable bonds is 13. The molecular weight excluding hydrogens is 464 g/mol. The normalized spacial score (nSPS) is 38.9. The minimum absolute atomic E-state index is 0.0190. The molecule has 0 N–H and O–H groups in total. The highest BCUT2D eigenvalue weighted by Gasteiger charge is 2.60. The Hall–Kier alpha value is -0.530. The van der Waals surface area contributed by atoms with Gasteiger partial charge in [0.25, 0.3) is 0 Å². The van der Waals surface area contributed by atoms with Crippen LogP contribution in [0.2, 0.25) is 0 Å². The van der Waals surface area contributed by atoms with Crippen LogP contribution in [0.25, 0.3) is 0 Å². The molecule has 38 heavy (non-hydrogen) atoms. The first-order valence-corrected chi connectivity index (χ1v) is 17.4. The lowest BCUT2D eigenvalue weighted by Gasteiger charge is -2.61. The third-order valence-corrected chi connectivity index (χ3v) is 13.4. The highest BCUT2D eigenvalue weighted by atomic mass is 16.5. The molecule has 4 aliphatic carbocycles. The Morgan fingerprint density at radius 3 is 2.34 bits per heavy atom. The van der Waals surface area contributed by atoms with Crippen molar-refractivity contribution in [2.75, 3.05) is 6.61 Å². The zero-order valence-corrected chi connectivity index (χ0v) is 26.4. The van der Waals surface area contributed by atoms with Crippen molar-refractivity contribution in [1.29, 1.82) is 0 Å². The van der Waals surface area contributed by atoms with Crippen molar-refractivity contribution >= 4 is 5.97 Å². The van der Waals surface area contributed by atoms with Gasteiger partial charge in [-0.15, -0.1) is 0 Å². The van der Waals surface area contributed by atoms with Gasteiger partial charge in [-0.2, -0.15) is 0 Å². The molecule has 0 aliphatic heterocycles. The summed E-state index contributed by atoms with van der Waals surface area (Å²) in [5.74, 6) is 6.90. The lowest BCUT2D eigenvalue weighted by molar-refractivity contribution is -0.145. The van der Waals surface area contributed by atoms with E-state index >= 15 is 0 Å². The second-order valence-corrected chi connectivity index (χ2v) is 15.5. The Bertz CT molecular complexity index is 746. The second kappa shape index (κ2) is 13.4. The van der Waals surface area contributed by atoms with Crippen molar-refractivity contribution in [1.82, 2.24) is 0 Å². The fourth-order valence-electron chi connectivity index (χ4n) is 10.6. The van der Waals surface area contributed by atoms with E-state index in [2.05, 4.69) is 41.5 Å². The Labute approximate surface area is 237 Å². The number of fused-ring (bicyclic) bond motifs is 5. The maximum absolute atomic E-state index is 12.2. The van der Waals surface area contributed by atoms with Crippen molar-refractivity contribution in [3.63, 3.8) is 0 Å². The van der Waals surface area contributed by atoms with Crippen LogP contribution >= 0.6 is 0 Å². The Balaban J connectivity index is 1.22. The van der Waals surface area contributed by atoms with Crippen LogP contribution in [0, 0.1) is 58.2 Å². The lowest BCUT2D eigenvalue weighted by atomic mass is 9.44. The Kier molecular flexibility index (Phi) is 10.7. The molecule has 0 spiro atoms. The first-order chi connectivity index (χ1) is 18.2. The summed E-state index contributed by atoms with van der Waals surface area (Å²) in [6.07, 6.45) is 24.3. The topological polar surface area (TPSA) is 26.3 Å². The molecule has 0 saturated heterocycles. The first-order valence-electron chi connectivity index (χ1n) is 17.4. The van der Waals surface area contributed by atoms with E-state index in [0.717, 1.165) is 48.3 Å². The van der Waals surface area contributed by atoms with E-state index in [-0.39, 0.29) is 5.97 Å². The SMILES string of the molecule is CCCCCCCC(=O)OCC(C)[C@@H](C)CC[C@@H](C)[C@H]1CC[C@H]2[C@@H]3CCC4CCCC[C@]4(C)[C@H]3CC[C@]12C. The molecule has 2 nitrogen and oxygen atoms in total. The minimum atomic E-state index is 0.0190. The molecule has 10 atom stereocenters. The molecule has 0 heterocycles. The molecule has 0 radical (unpaired) electrons. The molecule has 220 valence electrons. The zero-order valence-electron chi connectivity index (χ0n) is 26.4. The summed E-state index contributed by atoms with van der Waals surface area (Å²) in [7, 11) is 0. The highest BCUT2D eigenvalue weighted by molar-refractivity contribution is 5.69. The van der Waals surface area contributed by atoms with Gasteiger partial charge in [0.1, 0.15) is 0 Å². The number of esters is 1. The number of unbranched alkanes of at least 4 members (excludes halogenated alkanes) is 4. The Morgan fingerprint density at radius 1 is 0.789 bits per heavy atom. The quantitative estimate of drug-likeness (QED) is 0.175. The van der Waals surface area contributed by atoms with Crippen molar-refractivity contribution in [2.45, 2.75) is 157 Å². The predicted molar refractivity (Wildman–Crippen MR) is 161 cm³/mol. The fourth-order valence-corrected chi connectivity index (χ4v) is 10.6. The smallest absolute Gasteiger partial charge is 0.305 e. The van der Waals surface area contributed by atoms with Crippen LogP contribution in [-0.2, 0) is 9.53 Å². The lowest BCUT2D eigenvalue weighted by Crippen LogP contribution is -2.53. The van der Waals surface area contributed by atoms with Gasteiger partial charge < -0.3 is 4.74 Å². The van der Waals surface area contributed by atoms with Gasteiger partial charge in [0.2, 0.25) is 0 Å². The summed E-state index contributed by atoms with van der Waals surface area (Å²) in [6, 6.07) is 0. The van der Waals surface area contributed by atoms with Crippen LogP contribution < -0.4 is 0 Å². The number of carbonyl (C=O) groups is 1. The van der Waals surface area contributed by atoms with E-state index in [4.69, 9.17) is 4.74 Å². The zero-order chi connectivity index (χ0) is 27.3. The average Bonchev–Trinajstić information content (AvgIpc) is 3.27. The van der Waals surface area contributed by atoms with Gasteiger partial charge in [-0.25, -0.2) is 0 Å². The van der Waals surface area contributed by atoms with Crippen LogP contribution in [0.5, 0.6) is 0 Å². The maximum Gasteiger partial charge on any atom is 0.305 e. The molecule has 4 aliphatic rings. The largest absolute Gasteiger partial charge is 0.465 e. The standard InChI is InChI=1S/C36H64O2/c1-7-8-9-10-11-15-34(37)38-25-28(4)26(2)16-17-27(3)31-20-21-32-30-19-18-29-14-12-13-23-35(29,5)33(30)22-24-36(31,32)6/h26-33H,7-25H2,1-6H3/t26-,27+,28?,29?,30-,31+,32-,33-,35-,36+/m0/s1. The third-order valence-electron chi connectivity index (χ3n) is 13.4. The van der Waals surface area contributed by atoms with Crippen LogP contribution in [0.3, 0.4) is 0 Å². The molecule has 0 amide bonds. The molecule has 4 fully saturated rings. The van der Waals surface area contributed by atoms with Gasteiger partial charge in [0.15, 0.2) is 0 Å². The van der Waals surface area contributed by atoms with E-state index in [1.54, 1.807) is 0 Å². The van der Waals surface area contributed by atoms with Gasteiger partial charge >= 0.3 is 5.97 Å². The molecule has 0 aromatic rings. The van der Waals surface area contributed by atoms with Gasteiger partial charge in [0, 0.05) is 6.42 Å².